The minimum atomic E-state index is -0.0798. The summed E-state index contributed by atoms with van der Waals surface area (Å²) >= 11 is 0. The van der Waals surface area contributed by atoms with Gasteiger partial charge in [-0.15, -0.1) is 0 Å². The first kappa shape index (κ1) is 34.1. The molecule has 3 nitrogen and oxygen atoms in total. The molecule has 10 aromatic rings. The third-order valence-electron chi connectivity index (χ3n) is 12.3. The molecule has 3 heteroatoms. The zero-order valence-electron chi connectivity index (χ0n) is 32.8. The van der Waals surface area contributed by atoms with E-state index in [1.165, 1.54) is 49.7 Å². The van der Waals surface area contributed by atoms with E-state index in [-0.39, 0.29) is 5.41 Å². The van der Waals surface area contributed by atoms with E-state index in [1.54, 1.807) is 0 Å². The first-order valence-electron chi connectivity index (χ1n) is 20.0. The SMILES string of the molecule is C=c1cccc/c1=C(/N=C(C)c1ccc2c(c1)oc1c(-n3c4ccccc4c4c5c(ccc43)C(C)(C)c3ccccc3-5)cccc12)c1ccc(-c2ccccc2)cc1. The summed E-state index contributed by atoms with van der Waals surface area (Å²) in [5.41, 5.74) is 16.6. The second kappa shape index (κ2) is 12.9. The maximum absolute atomic E-state index is 6.93. The molecule has 0 radical (unpaired) electrons. The van der Waals surface area contributed by atoms with Crippen LogP contribution in [0, 0.1) is 0 Å². The van der Waals surface area contributed by atoms with Crippen molar-refractivity contribution in [3.05, 3.63) is 209 Å². The van der Waals surface area contributed by atoms with Gasteiger partial charge >= 0.3 is 0 Å². The molecule has 0 spiro atoms. The topological polar surface area (TPSA) is 30.4 Å². The van der Waals surface area contributed by atoms with Crippen molar-refractivity contribution in [2.45, 2.75) is 26.2 Å². The Kier molecular flexibility index (Phi) is 7.58. The van der Waals surface area contributed by atoms with Crippen LogP contribution in [0.1, 0.15) is 43.0 Å². The van der Waals surface area contributed by atoms with Crippen molar-refractivity contribution >= 4 is 61.7 Å². The normalized spacial score (nSPS) is 14.0. The number of fused-ring (bicyclic) bond motifs is 10. The number of hydrogen-bond donors (Lipinski definition) is 0. The van der Waals surface area contributed by atoms with Crippen LogP contribution < -0.4 is 10.4 Å². The van der Waals surface area contributed by atoms with Gasteiger partial charge in [-0.1, -0.05) is 166 Å². The van der Waals surface area contributed by atoms with Gasteiger partial charge in [0.1, 0.15) is 5.58 Å². The van der Waals surface area contributed by atoms with Crippen molar-refractivity contribution in [3.63, 3.8) is 0 Å². The summed E-state index contributed by atoms with van der Waals surface area (Å²) in [6.45, 7) is 11.1. The maximum atomic E-state index is 6.93. The Morgan fingerprint density at radius 2 is 1.29 bits per heavy atom. The summed E-state index contributed by atoms with van der Waals surface area (Å²) in [6.07, 6.45) is 0. The van der Waals surface area contributed by atoms with Crippen LogP contribution in [-0.2, 0) is 5.41 Å². The van der Waals surface area contributed by atoms with Crippen LogP contribution in [0.25, 0.3) is 84.0 Å². The Morgan fingerprint density at radius 1 is 0.586 bits per heavy atom. The van der Waals surface area contributed by atoms with E-state index in [1.807, 2.05) is 18.2 Å². The third kappa shape index (κ3) is 5.10. The first-order chi connectivity index (χ1) is 28.4. The number of rotatable bonds is 5. The molecule has 58 heavy (non-hydrogen) atoms. The fourth-order valence-electron chi connectivity index (χ4n) is 9.41. The van der Waals surface area contributed by atoms with Gasteiger partial charge in [-0.3, -0.25) is 4.99 Å². The van der Waals surface area contributed by atoms with Crippen molar-refractivity contribution in [2.24, 2.45) is 4.99 Å². The lowest BCUT2D eigenvalue weighted by Gasteiger charge is -2.21. The van der Waals surface area contributed by atoms with Gasteiger partial charge in [0.15, 0.2) is 5.58 Å². The van der Waals surface area contributed by atoms with Crippen molar-refractivity contribution < 1.29 is 4.42 Å². The number of aliphatic imine (C=N–C) groups is 1. The van der Waals surface area contributed by atoms with Gasteiger partial charge in [-0.05, 0) is 81.4 Å². The molecule has 0 saturated carbocycles. The van der Waals surface area contributed by atoms with E-state index < -0.39 is 0 Å². The second-order valence-corrected chi connectivity index (χ2v) is 16.0. The molecule has 0 N–H and O–H groups in total. The highest BCUT2D eigenvalue weighted by Gasteiger charge is 2.37. The average molecular weight is 745 g/mol. The Hall–Kier alpha value is -7.23. The molecular weight excluding hydrogens is 705 g/mol. The van der Waals surface area contributed by atoms with Crippen LogP contribution in [0.3, 0.4) is 0 Å². The molecule has 276 valence electrons. The molecule has 0 unspecified atom stereocenters. The molecule has 2 heterocycles. The Morgan fingerprint density at radius 3 is 2.14 bits per heavy atom. The van der Waals surface area contributed by atoms with E-state index in [2.05, 4.69) is 190 Å². The maximum Gasteiger partial charge on any atom is 0.159 e. The summed E-state index contributed by atoms with van der Waals surface area (Å²) < 4.78 is 9.33. The van der Waals surface area contributed by atoms with Gasteiger partial charge in [0.2, 0.25) is 0 Å². The van der Waals surface area contributed by atoms with Gasteiger partial charge in [-0.25, -0.2) is 0 Å². The lowest BCUT2D eigenvalue weighted by Crippen LogP contribution is -2.25. The van der Waals surface area contributed by atoms with Crippen LogP contribution in [-0.4, -0.2) is 10.3 Å². The van der Waals surface area contributed by atoms with Gasteiger partial charge in [0.25, 0.3) is 0 Å². The van der Waals surface area contributed by atoms with Crippen molar-refractivity contribution in [1.29, 1.82) is 0 Å². The number of nitrogens with zero attached hydrogens (tertiary/aromatic N) is 2. The minimum Gasteiger partial charge on any atom is -0.454 e. The van der Waals surface area contributed by atoms with Crippen molar-refractivity contribution in [2.75, 3.05) is 0 Å². The van der Waals surface area contributed by atoms with Gasteiger partial charge in [0.05, 0.1) is 22.4 Å². The largest absolute Gasteiger partial charge is 0.454 e. The molecule has 11 rings (SSSR count). The highest BCUT2D eigenvalue weighted by molar-refractivity contribution is 6.19. The number of para-hydroxylation sites is 2. The molecule has 0 fully saturated rings. The molecular formula is C55H40N2O. The second-order valence-electron chi connectivity index (χ2n) is 16.0. The predicted molar refractivity (Wildman–Crippen MR) is 243 cm³/mol. The van der Waals surface area contributed by atoms with E-state index in [4.69, 9.17) is 9.41 Å². The van der Waals surface area contributed by atoms with Gasteiger partial charge in [-0.2, -0.15) is 0 Å². The Bertz CT molecular complexity index is 3430. The lowest BCUT2D eigenvalue weighted by molar-refractivity contribution is 0.660. The third-order valence-corrected chi connectivity index (χ3v) is 12.3. The predicted octanol–water partition coefficient (Wildman–Crippen LogP) is 12.7. The monoisotopic (exact) mass is 744 g/mol. The lowest BCUT2D eigenvalue weighted by atomic mass is 9.82. The molecule has 0 atom stereocenters. The number of aromatic nitrogens is 1. The molecule has 2 aromatic heterocycles. The molecule has 0 saturated heterocycles. The molecule has 1 aliphatic rings. The molecule has 1 aliphatic carbocycles. The van der Waals surface area contributed by atoms with Gasteiger partial charge in [0, 0.05) is 43.5 Å². The Balaban J connectivity index is 1.06. The zero-order chi connectivity index (χ0) is 39.1. The van der Waals surface area contributed by atoms with Crippen LogP contribution in [0.4, 0.5) is 0 Å². The van der Waals surface area contributed by atoms with E-state index in [0.29, 0.717) is 0 Å². The van der Waals surface area contributed by atoms with Crippen LogP contribution in [0.2, 0.25) is 0 Å². The summed E-state index contributed by atoms with van der Waals surface area (Å²) in [4.78, 5) is 5.34. The molecule has 0 amide bonds. The smallest absolute Gasteiger partial charge is 0.159 e. The zero-order valence-corrected chi connectivity index (χ0v) is 32.8. The number of hydrogen-bond acceptors (Lipinski definition) is 2. The van der Waals surface area contributed by atoms with E-state index in [9.17, 15) is 0 Å². The van der Waals surface area contributed by atoms with Crippen LogP contribution in [0.15, 0.2) is 185 Å². The minimum absolute atomic E-state index is 0.0798. The fourth-order valence-corrected chi connectivity index (χ4v) is 9.41. The highest BCUT2D eigenvalue weighted by atomic mass is 16.3. The quantitative estimate of drug-likeness (QED) is 0.161. The Labute approximate surface area is 337 Å². The van der Waals surface area contributed by atoms with Crippen molar-refractivity contribution in [3.8, 4) is 27.9 Å². The van der Waals surface area contributed by atoms with Crippen LogP contribution in [0.5, 0.6) is 0 Å². The summed E-state index contributed by atoms with van der Waals surface area (Å²) in [5.74, 6) is 0. The first-order valence-corrected chi connectivity index (χ1v) is 20.0. The number of furan rings is 1. The van der Waals surface area contributed by atoms with E-state index in [0.717, 1.165) is 66.1 Å². The molecule has 0 bridgehead atoms. The van der Waals surface area contributed by atoms with Crippen LogP contribution >= 0.6 is 0 Å². The standard InChI is InChI=1S/C55H40N2O/c1-34-15-8-9-18-40(34)53(38-27-25-37(26-28-38)36-16-6-5-7-17-36)56-35(2)39-29-30-41-42-21-14-24-49(54(42)58-50(41)33-39)57-47-23-13-11-20-44(47)52-48(57)32-31-46-51(52)43-19-10-12-22-45(43)55(46,3)4/h5-33H,1H2,2-4H3/b53-40-,56-35?. The average Bonchev–Trinajstić information content (AvgIpc) is 3.88. The highest BCUT2D eigenvalue weighted by Crippen LogP contribution is 2.53. The van der Waals surface area contributed by atoms with Crippen molar-refractivity contribution in [1.82, 2.24) is 4.57 Å². The summed E-state index contributed by atoms with van der Waals surface area (Å²) in [6, 6.07) is 62.7. The number of benzene rings is 8. The molecule has 8 aromatic carbocycles. The van der Waals surface area contributed by atoms with Gasteiger partial charge < -0.3 is 8.98 Å². The molecule has 0 aliphatic heterocycles. The fraction of sp³-hybridized carbons (Fsp3) is 0.0727. The summed E-state index contributed by atoms with van der Waals surface area (Å²) in [5, 5.41) is 6.64. The van der Waals surface area contributed by atoms with E-state index >= 15 is 0 Å². The summed E-state index contributed by atoms with van der Waals surface area (Å²) in [7, 11) is 0.